The fraction of sp³-hybridized carbons (Fsp3) is 0.368. The van der Waals surface area contributed by atoms with Crippen molar-refractivity contribution in [2.45, 2.75) is 39.1 Å². The van der Waals surface area contributed by atoms with Crippen LogP contribution in [0.25, 0.3) is 0 Å². The largest absolute Gasteiger partial charge is 0.573 e. The Morgan fingerprint density at radius 1 is 1.18 bits per heavy atom. The third-order valence-corrected chi connectivity index (χ3v) is 4.32. The second kappa shape index (κ2) is 7.57. The van der Waals surface area contributed by atoms with Gasteiger partial charge in [0.2, 0.25) is 0 Å². The molecule has 0 unspecified atom stereocenters. The lowest BCUT2D eigenvalue weighted by Crippen LogP contribution is -2.21. The van der Waals surface area contributed by atoms with E-state index in [4.69, 9.17) is 4.74 Å². The molecule has 0 bridgehead atoms. The van der Waals surface area contributed by atoms with E-state index in [0.29, 0.717) is 11.6 Å². The maximum absolute atomic E-state index is 12.3. The molecular formula is C19H19F3N2O4. The van der Waals surface area contributed by atoms with Gasteiger partial charge in [0.1, 0.15) is 5.75 Å². The van der Waals surface area contributed by atoms with Gasteiger partial charge in [-0.1, -0.05) is 0 Å². The number of carbonyl (C=O) groups is 2. The lowest BCUT2D eigenvalue weighted by molar-refractivity contribution is -0.274. The Morgan fingerprint density at radius 3 is 2.39 bits per heavy atom. The highest BCUT2D eigenvalue weighted by atomic mass is 19.4. The Balaban J connectivity index is 1.53. The number of ether oxygens (including phenoxy) is 2. The molecule has 0 saturated heterocycles. The summed E-state index contributed by atoms with van der Waals surface area (Å²) < 4.78 is 47.3. The van der Waals surface area contributed by atoms with Crippen LogP contribution in [0.1, 0.15) is 40.6 Å². The van der Waals surface area contributed by atoms with Gasteiger partial charge in [-0.3, -0.25) is 4.79 Å². The summed E-state index contributed by atoms with van der Waals surface area (Å²) in [7, 11) is 0. The van der Waals surface area contributed by atoms with Crippen LogP contribution in [-0.4, -0.2) is 29.4 Å². The van der Waals surface area contributed by atoms with Crippen molar-refractivity contribution in [2.75, 3.05) is 11.9 Å². The number of aromatic nitrogens is 1. The van der Waals surface area contributed by atoms with E-state index in [0.717, 1.165) is 36.4 Å². The second-order valence-corrected chi connectivity index (χ2v) is 6.58. The zero-order chi connectivity index (χ0) is 20.5. The number of carbonyl (C=O) groups excluding carboxylic acids is 2. The molecule has 1 aliphatic carbocycles. The summed E-state index contributed by atoms with van der Waals surface area (Å²) in [5.41, 5.74) is 2.46. The van der Waals surface area contributed by atoms with Crippen LogP contribution in [0, 0.1) is 13.8 Å². The van der Waals surface area contributed by atoms with E-state index in [-0.39, 0.29) is 5.69 Å². The van der Waals surface area contributed by atoms with E-state index >= 15 is 0 Å². The van der Waals surface area contributed by atoms with Crippen molar-refractivity contribution in [1.82, 2.24) is 4.57 Å². The number of rotatable bonds is 6. The van der Waals surface area contributed by atoms with Crippen LogP contribution >= 0.6 is 0 Å². The first-order valence-corrected chi connectivity index (χ1v) is 8.65. The zero-order valence-electron chi connectivity index (χ0n) is 15.3. The van der Waals surface area contributed by atoms with Gasteiger partial charge in [0.25, 0.3) is 5.91 Å². The minimum absolute atomic E-state index is 0.252. The standard InChI is InChI=1S/C19H19F3N2O4/c1-11-9-16(12(2)24(11)14-5-6-14)18(26)27-10-17(25)23-13-3-7-15(8-4-13)28-19(20,21)22/h3-4,7-9,14H,5-6,10H2,1-2H3,(H,23,25). The molecule has 2 aromatic rings. The molecule has 1 aliphatic rings. The Bertz CT molecular complexity index is 884. The molecule has 1 aromatic heterocycles. The number of aryl methyl sites for hydroxylation is 1. The summed E-state index contributed by atoms with van der Waals surface area (Å²) in [6.45, 7) is 3.25. The zero-order valence-corrected chi connectivity index (χ0v) is 15.3. The minimum atomic E-state index is -4.78. The van der Waals surface area contributed by atoms with Gasteiger partial charge in [-0.2, -0.15) is 0 Å². The molecule has 1 amide bonds. The number of nitrogens with zero attached hydrogens (tertiary/aromatic N) is 1. The highest BCUT2D eigenvalue weighted by molar-refractivity contribution is 5.96. The van der Waals surface area contributed by atoms with E-state index < -0.39 is 30.6 Å². The summed E-state index contributed by atoms with van der Waals surface area (Å²) in [6.07, 6.45) is -2.62. The fourth-order valence-electron chi connectivity index (χ4n) is 3.02. The van der Waals surface area contributed by atoms with Gasteiger partial charge < -0.3 is 19.4 Å². The molecular weight excluding hydrogens is 377 g/mol. The highest BCUT2D eigenvalue weighted by Crippen LogP contribution is 2.38. The minimum Gasteiger partial charge on any atom is -0.452 e. The number of benzene rings is 1. The van der Waals surface area contributed by atoms with Gasteiger partial charge in [0.15, 0.2) is 6.61 Å². The number of hydrogen-bond donors (Lipinski definition) is 1. The lowest BCUT2D eigenvalue weighted by atomic mass is 10.2. The average molecular weight is 396 g/mol. The van der Waals surface area contributed by atoms with Gasteiger partial charge in [0.05, 0.1) is 5.56 Å². The number of amides is 1. The van der Waals surface area contributed by atoms with Crippen molar-refractivity contribution >= 4 is 17.6 Å². The number of nitrogens with one attached hydrogen (secondary N) is 1. The van der Waals surface area contributed by atoms with E-state index in [1.165, 1.54) is 12.1 Å². The van der Waals surface area contributed by atoms with Gasteiger partial charge in [0, 0.05) is 23.1 Å². The maximum Gasteiger partial charge on any atom is 0.573 e. The predicted molar refractivity (Wildman–Crippen MR) is 94.2 cm³/mol. The highest BCUT2D eigenvalue weighted by Gasteiger charge is 2.31. The maximum atomic E-state index is 12.3. The number of hydrogen-bond acceptors (Lipinski definition) is 4. The first-order valence-electron chi connectivity index (χ1n) is 8.65. The molecule has 1 N–H and O–H groups in total. The van der Waals surface area contributed by atoms with Crippen LogP contribution in [0.4, 0.5) is 18.9 Å². The number of alkyl halides is 3. The topological polar surface area (TPSA) is 69.6 Å². The summed E-state index contributed by atoms with van der Waals surface area (Å²) in [5, 5.41) is 2.44. The molecule has 150 valence electrons. The molecule has 0 atom stereocenters. The Hall–Kier alpha value is -2.97. The molecule has 0 radical (unpaired) electrons. The van der Waals surface area contributed by atoms with Crippen molar-refractivity contribution in [1.29, 1.82) is 0 Å². The molecule has 3 rings (SSSR count). The van der Waals surface area contributed by atoms with Gasteiger partial charge >= 0.3 is 12.3 Å². The molecule has 1 heterocycles. The van der Waals surface area contributed by atoms with Crippen molar-refractivity contribution in [3.63, 3.8) is 0 Å². The van der Waals surface area contributed by atoms with Gasteiger partial charge in [-0.25, -0.2) is 4.79 Å². The first-order chi connectivity index (χ1) is 13.1. The van der Waals surface area contributed by atoms with E-state index in [9.17, 15) is 22.8 Å². The van der Waals surface area contributed by atoms with Crippen LogP contribution < -0.4 is 10.1 Å². The number of esters is 1. The van der Waals surface area contributed by atoms with Crippen LogP contribution in [0.2, 0.25) is 0 Å². The summed E-state index contributed by atoms with van der Waals surface area (Å²) >= 11 is 0. The molecule has 9 heteroatoms. The van der Waals surface area contributed by atoms with Gasteiger partial charge in [-0.15, -0.1) is 13.2 Å². The van der Waals surface area contributed by atoms with Crippen LogP contribution in [0.15, 0.2) is 30.3 Å². The number of halogens is 3. The Morgan fingerprint density at radius 2 is 1.82 bits per heavy atom. The molecule has 1 aromatic carbocycles. The monoisotopic (exact) mass is 396 g/mol. The van der Waals surface area contributed by atoms with Crippen molar-refractivity contribution in [3.8, 4) is 5.75 Å². The van der Waals surface area contributed by atoms with Crippen molar-refractivity contribution in [3.05, 3.63) is 47.3 Å². The summed E-state index contributed by atoms with van der Waals surface area (Å²) in [5.74, 6) is -1.60. The Kier molecular flexibility index (Phi) is 5.35. The molecule has 28 heavy (non-hydrogen) atoms. The van der Waals surface area contributed by atoms with E-state index in [1.807, 2.05) is 13.8 Å². The molecule has 1 fully saturated rings. The summed E-state index contributed by atoms with van der Waals surface area (Å²) in [4.78, 5) is 24.2. The van der Waals surface area contributed by atoms with Crippen LogP contribution in [-0.2, 0) is 9.53 Å². The molecule has 0 aliphatic heterocycles. The normalized spacial score (nSPS) is 13.9. The van der Waals surface area contributed by atoms with Crippen molar-refractivity contribution in [2.24, 2.45) is 0 Å². The van der Waals surface area contributed by atoms with E-state index in [1.54, 1.807) is 6.07 Å². The predicted octanol–water partition coefficient (Wildman–Crippen LogP) is 4.13. The van der Waals surface area contributed by atoms with E-state index in [2.05, 4.69) is 14.6 Å². The lowest BCUT2D eigenvalue weighted by Gasteiger charge is -2.10. The smallest absolute Gasteiger partial charge is 0.452 e. The van der Waals surface area contributed by atoms with Gasteiger partial charge in [-0.05, 0) is 57.0 Å². The van der Waals surface area contributed by atoms with Crippen molar-refractivity contribution < 1.29 is 32.2 Å². The quantitative estimate of drug-likeness (QED) is 0.746. The SMILES string of the molecule is Cc1cc(C(=O)OCC(=O)Nc2ccc(OC(F)(F)F)cc2)c(C)n1C1CC1. The third kappa shape index (κ3) is 4.85. The molecule has 0 spiro atoms. The fourth-order valence-corrected chi connectivity index (χ4v) is 3.02. The van der Waals surface area contributed by atoms with Crippen LogP contribution in [0.5, 0.6) is 5.75 Å². The second-order valence-electron chi connectivity index (χ2n) is 6.58. The number of anilines is 1. The average Bonchev–Trinajstić information content (AvgIpc) is 3.38. The molecule has 1 saturated carbocycles. The third-order valence-electron chi connectivity index (χ3n) is 4.32. The Labute approximate surface area is 159 Å². The first kappa shape index (κ1) is 19.8. The molecule has 6 nitrogen and oxygen atoms in total. The van der Waals surface area contributed by atoms with Crippen LogP contribution in [0.3, 0.4) is 0 Å². The summed E-state index contributed by atoms with van der Waals surface area (Å²) in [6, 6.07) is 6.82.